The van der Waals surface area contributed by atoms with E-state index in [1.807, 2.05) is 97.9 Å². The number of anilines is 1. The predicted molar refractivity (Wildman–Crippen MR) is 293 cm³/mol. The van der Waals surface area contributed by atoms with Gasteiger partial charge in [-0.15, -0.1) is 0 Å². The maximum atomic E-state index is 11.3. The fourth-order valence-corrected chi connectivity index (χ4v) is 6.22. The van der Waals surface area contributed by atoms with E-state index in [1.54, 1.807) is 87.4 Å². The van der Waals surface area contributed by atoms with Crippen LogP contribution in [-0.2, 0) is 36.0 Å². The lowest BCUT2D eigenvalue weighted by Crippen LogP contribution is -2.46. The van der Waals surface area contributed by atoms with Gasteiger partial charge >= 0.3 is 5.97 Å². The summed E-state index contributed by atoms with van der Waals surface area (Å²) in [7, 11) is 5.14. The van der Waals surface area contributed by atoms with Gasteiger partial charge < -0.3 is 54.7 Å². The minimum absolute atomic E-state index is 0.0129. The Hall–Kier alpha value is -9.94. The number of hydrogen-bond donors (Lipinski definition) is 7. The lowest BCUT2D eigenvalue weighted by atomic mass is 10.1. The first kappa shape index (κ1) is 61.6. The molecule has 410 valence electrons. The van der Waals surface area contributed by atoms with Crippen molar-refractivity contribution in [1.29, 1.82) is 0 Å². The molecule has 23 nitrogen and oxygen atoms in total. The topological polar surface area (TPSA) is 370 Å². The summed E-state index contributed by atoms with van der Waals surface area (Å²) in [5.74, 6) is 2.08. The number of ether oxygens (including phenoxy) is 1. The highest BCUT2D eigenvalue weighted by atomic mass is 16.5. The van der Waals surface area contributed by atoms with Gasteiger partial charge in [0.15, 0.2) is 11.6 Å². The second-order valence-corrected chi connectivity index (χ2v) is 16.5. The Bertz CT molecular complexity index is 3350. The first-order valence-corrected chi connectivity index (χ1v) is 23.7. The standard InChI is InChI=1S/C14H16N4O.C11H11N3O.C11H10N2O3.C10H10N2O2.C8H10N2O.C2H4O2/c1-18(2)10-17-13-7-15-14(16-8-13)12-5-3-4-11(6-12)9-19;12-10-5-13-11(14-6-10)9-3-1-2-8(4-9)7-15;1-7-12-10(13-16-7)8-4-3-5-9(6-8)11(14)15-2;1-7-11-10(12-14-7)9-4-2-3-8(5-9)6-13;9-8(10)7-3-1-2-6(4-7)5-11;1-2(3)4/h3-8,10,19H,9H2,1-2H3;1-6,15H,7,12H2;3-6H,1-2H3;2-5,13H,6H2,1H3;1-4,11H,5H2,(H3,9,10);1H3,(H,3,4). The molecule has 9 rings (SSSR count). The zero-order valence-corrected chi connectivity index (χ0v) is 44.2. The number of carbonyl (C=O) groups excluding carboxylic acids is 2. The molecule has 4 heterocycles. The molecule has 0 aliphatic carbocycles. The molecular weight excluding hydrogens is 1010 g/mol. The normalized spacial score (nSPS) is 10.1. The number of carbonyl (C=O) groups is 2. The Morgan fingerprint density at radius 2 is 0.987 bits per heavy atom. The predicted octanol–water partition coefficient (Wildman–Crippen LogP) is 3.84. The van der Waals surface area contributed by atoms with Gasteiger partial charge in [0, 0.05) is 56.2 Å². The van der Waals surface area contributed by atoms with Crippen LogP contribution in [0.3, 0.4) is 0 Å². The van der Waals surface area contributed by atoms with Gasteiger partial charge in [-0.1, -0.05) is 89.2 Å². The van der Waals surface area contributed by atoms with Crippen molar-refractivity contribution in [3.8, 4) is 45.6 Å². The molecule has 0 bridgehead atoms. The number of hydrogen-bond acceptors (Lipinski definition) is 20. The van der Waals surface area contributed by atoms with Gasteiger partial charge in [0.2, 0.25) is 23.4 Å². The van der Waals surface area contributed by atoms with E-state index < -0.39 is 5.97 Å². The van der Waals surface area contributed by atoms with Crippen LogP contribution in [0.2, 0.25) is 0 Å². The summed E-state index contributed by atoms with van der Waals surface area (Å²) in [4.78, 5) is 51.2. The van der Waals surface area contributed by atoms with Crippen molar-refractivity contribution in [3.63, 3.8) is 0 Å². The lowest BCUT2D eigenvalue weighted by Gasteiger charge is -2.04. The van der Waals surface area contributed by atoms with Crippen molar-refractivity contribution in [2.45, 2.75) is 47.2 Å². The first-order chi connectivity index (χ1) is 37.9. The number of nitrogens with zero attached hydrogens (tertiary/aromatic N) is 10. The minimum Gasteiger partial charge on any atom is -0.550 e. The van der Waals surface area contributed by atoms with Gasteiger partial charge in [-0.2, -0.15) is 9.97 Å². The number of nitrogens with two attached hydrogens (primary N) is 3. The van der Waals surface area contributed by atoms with Crippen molar-refractivity contribution in [2.75, 3.05) is 26.9 Å². The zero-order valence-electron chi connectivity index (χ0n) is 44.2. The largest absolute Gasteiger partial charge is 0.550 e. The van der Waals surface area contributed by atoms with Gasteiger partial charge in [0.05, 0.1) is 81.5 Å². The Labute approximate surface area is 455 Å². The lowest BCUT2D eigenvalue weighted by molar-refractivity contribution is -0.302. The number of carboxylic acids is 1. The van der Waals surface area contributed by atoms with E-state index in [2.05, 4.69) is 49.9 Å². The average molecular weight is 1080 g/mol. The van der Waals surface area contributed by atoms with E-state index in [9.17, 15) is 4.79 Å². The van der Waals surface area contributed by atoms with Crippen LogP contribution in [0.25, 0.3) is 45.6 Å². The number of aliphatic hydroxyl groups is 4. The van der Waals surface area contributed by atoms with Gasteiger partial charge in [-0.25, -0.2) is 29.7 Å². The zero-order chi connectivity index (χ0) is 57.7. The Morgan fingerprint density at radius 3 is 1.37 bits per heavy atom. The number of aromatic nitrogens is 8. The van der Waals surface area contributed by atoms with E-state index in [-0.39, 0.29) is 38.2 Å². The number of aliphatic imine (C=N–C) groups is 1. The number of rotatable bonds is 12. The van der Waals surface area contributed by atoms with E-state index >= 15 is 0 Å². The summed E-state index contributed by atoms with van der Waals surface area (Å²) in [6.07, 6.45) is 8.18. The van der Waals surface area contributed by atoms with Crippen LogP contribution in [0.15, 0.2) is 160 Å². The third-order valence-electron chi connectivity index (χ3n) is 9.89. The SMILES string of the molecule is CC(=O)[O-].CN(C)C=Nc1cnc(-c2cccc(CO)c2)nc1.COC(=O)c1cccc(-c2noc(C)n2)c1.Cc1nc(-c2cccc(CO)c2)no1.NC(=[NH2+])c1cccc(CO)c1.Nc1cnc(-c2cccc(CO)c2)nc1. The maximum absolute atomic E-state index is 11.3. The third-order valence-corrected chi connectivity index (χ3v) is 9.89. The summed E-state index contributed by atoms with van der Waals surface area (Å²) in [5, 5.41) is 57.6. The van der Waals surface area contributed by atoms with Crippen molar-refractivity contribution in [1.82, 2.24) is 45.1 Å². The van der Waals surface area contributed by atoms with Crippen LogP contribution in [0, 0.1) is 13.8 Å². The van der Waals surface area contributed by atoms with Gasteiger partial charge in [-0.05, 0) is 71.6 Å². The number of methoxy groups -OCH3 is 1. The number of aliphatic carboxylic acids is 1. The second-order valence-electron chi connectivity index (χ2n) is 16.5. The monoisotopic (exact) mass is 1080 g/mol. The Morgan fingerprint density at radius 1 is 0.620 bits per heavy atom. The number of esters is 1. The summed E-state index contributed by atoms with van der Waals surface area (Å²) < 4.78 is 14.4. The molecule has 23 heteroatoms. The fraction of sp³-hybridized carbons (Fsp3) is 0.179. The van der Waals surface area contributed by atoms with Crippen LogP contribution in [-0.4, -0.2) is 111 Å². The number of nitrogen functional groups attached to an aromatic ring is 1. The highest BCUT2D eigenvalue weighted by Crippen LogP contribution is 2.21. The molecule has 4 aromatic heterocycles. The molecule has 0 saturated heterocycles. The second kappa shape index (κ2) is 32.5. The van der Waals surface area contributed by atoms with Crippen LogP contribution < -0.4 is 22.0 Å². The van der Waals surface area contributed by atoms with Crippen molar-refractivity contribution >= 4 is 35.5 Å². The van der Waals surface area contributed by atoms with Crippen LogP contribution in [0.4, 0.5) is 11.4 Å². The molecule has 0 aliphatic heterocycles. The van der Waals surface area contributed by atoms with Gasteiger partial charge in [0.1, 0.15) is 5.69 Å². The molecule has 0 aliphatic rings. The van der Waals surface area contributed by atoms with Crippen molar-refractivity contribution < 1.29 is 54.3 Å². The Balaban J connectivity index is 0.000000211. The summed E-state index contributed by atoms with van der Waals surface area (Å²) >= 11 is 0. The number of aliphatic hydroxyl groups excluding tert-OH is 4. The highest BCUT2D eigenvalue weighted by molar-refractivity contribution is 5.92. The van der Waals surface area contributed by atoms with Crippen LogP contribution >= 0.6 is 0 Å². The molecule has 9 aromatic rings. The van der Waals surface area contributed by atoms with Crippen LogP contribution in [0.5, 0.6) is 0 Å². The number of amidine groups is 1. The molecular formula is C56H61N13O10. The number of carboxylic acid groups (broad SMARTS) is 1. The smallest absolute Gasteiger partial charge is 0.337 e. The molecule has 0 atom stereocenters. The molecule has 5 aromatic carbocycles. The van der Waals surface area contributed by atoms with Gasteiger partial charge in [0.25, 0.3) is 5.84 Å². The van der Waals surface area contributed by atoms with E-state index in [4.69, 9.17) is 56.2 Å². The molecule has 0 amide bonds. The highest BCUT2D eigenvalue weighted by Gasteiger charge is 2.11. The van der Waals surface area contributed by atoms with Gasteiger partial charge in [-0.3, -0.25) is 11.1 Å². The molecule has 79 heavy (non-hydrogen) atoms. The van der Waals surface area contributed by atoms with E-state index in [0.29, 0.717) is 52.0 Å². The first-order valence-electron chi connectivity index (χ1n) is 23.7. The average Bonchev–Trinajstić information content (AvgIpc) is 4.15. The summed E-state index contributed by atoms with van der Waals surface area (Å²) in [6, 6.07) is 36.4. The maximum Gasteiger partial charge on any atom is 0.337 e. The molecule has 0 unspecified atom stereocenters. The molecule has 0 spiro atoms. The van der Waals surface area contributed by atoms with E-state index in [1.165, 1.54) is 7.11 Å². The Kier molecular flexibility index (Phi) is 25.3. The third kappa shape index (κ3) is 21.7. The number of aryl methyl sites for hydroxylation is 2. The quantitative estimate of drug-likeness (QED) is 0.0519. The fourth-order valence-electron chi connectivity index (χ4n) is 6.22. The van der Waals surface area contributed by atoms with Crippen molar-refractivity contribution in [3.05, 3.63) is 191 Å². The molecule has 0 radical (unpaired) electrons. The minimum atomic E-state index is -1.08. The molecule has 0 saturated carbocycles. The van der Waals surface area contributed by atoms with E-state index in [0.717, 1.165) is 57.0 Å². The number of benzene rings is 5. The molecule has 0 fully saturated rings. The molecule has 10 N–H and O–H groups in total. The summed E-state index contributed by atoms with van der Waals surface area (Å²) in [6.45, 7) is 4.49. The summed E-state index contributed by atoms with van der Waals surface area (Å²) in [5.41, 5.74) is 20.0. The van der Waals surface area contributed by atoms with Crippen molar-refractivity contribution in [2.24, 2.45) is 10.7 Å². The van der Waals surface area contributed by atoms with Crippen LogP contribution in [0.1, 0.15) is 56.9 Å².